The molecule has 0 bridgehead atoms. The van der Waals surface area contributed by atoms with E-state index in [1.165, 1.54) is 6.92 Å². The largest absolute Gasteiger partial charge is 0.505 e. The fourth-order valence-electron chi connectivity index (χ4n) is 2.56. The second-order valence-corrected chi connectivity index (χ2v) is 6.47. The summed E-state index contributed by atoms with van der Waals surface area (Å²) >= 11 is 6.19. The van der Waals surface area contributed by atoms with E-state index in [0.717, 1.165) is 5.56 Å². The van der Waals surface area contributed by atoms with Crippen LogP contribution in [0.25, 0.3) is 10.8 Å². The zero-order valence-electron chi connectivity index (χ0n) is 14.8. The van der Waals surface area contributed by atoms with Crippen LogP contribution in [0, 0.1) is 0 Å². The van der Waals surface area contributed by atoms with Crippen molar-refractivity contribution in [3.05, 3.63) is 64.9 Å². The number of ether oxygens (including phenoxy) is 1. The van der Waals surface area contributed by atoms with Gasteiger partial charge in [-0.05, 0) is 30.7 Å². The lowest BCUT2D eigenvalue weighted by Gasteiger charge is -2.13. The van der Waals surface area contributed by atoms with Crippen LogP contribution < -0.4 is 10.1 Å². The average molecular weight is 401 g/mol. The summed E-state index contributed by atoms with van der Waals surface area (Å²) in [5, 5.41) is 22.3. The molecule has 2 aromatic carbocycles. The Morgan fingerprint density at radius 1 is 1.18 bits per heavy atom. The van der Waals surface area contributed by atoms with Gasteiger partial charge in [0.25, 0.3) is 5.91 Å². The number of aromatic hydroxyl groups is 1. The molecule has 0 aliphatic carbocycles. The van der Waals surface area contributed by atoms with Gasteiger partial charge in [-0.2, -0.15) is 0 Å². The van der Waals surface area contributed by atoms with Crippen LogP contribution in [0.15, 0.2) is 48.5 Å². The van der Waals surface area contributed by atoms with Crippen LogP contribution in [0.4, 0.5) is 0 Å². The predicted octanol–water partition coefficient (Wildman–Crippen LogP) is 3.38. The molecule has 28 heavy (non-hydrogen) atoms. The van der Waals surface area contributed by atoms with Gasteiger partial charge in [0.05, 0.1) is 0 Å². The first-order valence-electron chi connectivity index (χ1n) is 8.39. The first kappa shape index (κ1) is 19.4. The fourth-order valence-corrected chi connectivity index (χ4v) is 2.80. The molecule has 0 saturated carbocycles. The lowest BCUT2D eigenvalue weighted by molar-refractivity contribution is -0.138. The van der Waals surface area contributed by atoms with Crippen molar-refractivity contribution in [1.29, 1.82) is 0 Å². The number of hydrogen-bond donors (Lipinski definition) is 3. The molecule has 1 amide bonds. The number of pyridine rings is 1. The smallest absolute Gasteiger partial charge is 0.325 e. The number of amides is 1. The number of carboxylic acids is 1. The number of aromatic nitrogens is 1. The summed E-state index contributed by atoms with van der Waals surface area (Å²) in [5.41, 5.74) is 0.651. The molecular formula is C20H17ClN2O5. The monoisotopic (exact) mass is 400 g/mol. The minimum absolute atomic E-state index is 0.00825. The van der Waals surface area contributed by atoms with Crippen molar-refractivity contribution in [2.24, 2.45) is 0 Å². The molecule has 0 saturated heterocycles. The van der Waals surface area contributed by atoms with E-state index in [9.17, 15) is 14.7 Å². The predicted molar refractivity (Wildman–Crippen MR) is 104 cm³/mol. The van der Waals surface area contributed by atoms with Crippen molar-refractivity contribution in [3.8, 4) is 11.5 Å². The van der Waals surface area contributed by atoms with Gasteiger partial charge in [0.2, 0.25) is 0 Å². The maximum Gasteiger partial charge on any atom is 0.325 e. The van der Waals surface area contributed by atoms with Crippen LogP contribution in [0.1, 0.15) is 23.0 Å². The standard InChI is InChI=1S/C20H17ClN2O5/c1-11(20(26)27)22-19(25)16-17(24)14-8-7-13(9-15(14)18(21)23-16)28-10-12-5-3-2-4-6-12/h2-9,11,24H,10H2,1H3,(H,22,25)(H,26,27). The van der Waals surface area contributed by atoms with E-state index in [-0.39, 0.29) is 16.6 Å². The molecule has 144 valence electrons. The van der Waals surface area contributed by atoms with Crippen molar-refractivity contribution in [3.63, 3.8) is 0 Å². The molecule has 0 aliphatic rings. The summed E-state index contributed by atoms with van der Waals surface area (Å²) in [7, 11) is 0. The summed E-state index contributed by atoms with van der Waals surface area (Å²) in [6, 6.07) is 13.3. The Morgan fingerprint density at radius 3 is 2.57 bits per heavy atom. The highest BCUT2D eigenvalue weighted by molar-refractivity contribution is 6.35. The molecule has 0 spiro atoms. The third-order valence-corrected chi connectivity index (χ3v) is 4.37. The summed E-state index contributed by atoms with van der Waals surface area (Å²) in [5.74, 6) is -1.90. The van der Waals surface area contributed by atoms with Crippen LogP contribution in [0.5, 0.6) is 11.5 Å². The summed E-state index contributed by atoms with van der Waals surface area (Å²) in [6.45, 7) is 1.66. The van der Waals surface area contributed by atoms with E-state index in [4.69, 9.17) is 21.4 Å². The van der Waals surface area contributed by atoms with Gasteiger partial charge in [-0.25, -0.2) is 4.98 Å². The van der Waals surface area contributed by atoms with E-state index >= 15 is 0 Å². The van der Waals surface area contributed by atoms with Gasteiger partial charge in [0, 0.05) is 10.8 Å². The third kappa shape index (κ3) is 4.15. The second kappa shape index (κ2) is 8.14. The SMILES string of the molecule is CC(NC(=O)c1nc(Cl)c2cc(OCc3ccccc3)ccc2c1O)C(=O)O. The number of aliphatic carboxylic acids is 1. The molecular weight excluding hydrogens is 384 g/mol. The van der Waals surface area contributed by atoms with Crippen molar-refractivity contribution >= 4 is 34.2 Å². The van der Waals surface area contributed by atoms with Crippen molar-refractivity contribution in [1.82, 2.24) is 10.3 Å². The highest BCUT2D eigenvalue weighted by Crippen LogP contribution is 2.34. The molecule has 1 atom stereocenters. The molecule has 0 radical (unpaired) electrons. The normalized spacial score (nSPS) is 11.8. The molecule has 1 unspecified atom stereocenters. The van der Waals surface area contributed by atoms with Gasteiger partial charge < -0.3 is 20.3 Å². The van der Waals surface area contributed by atoms with Gasteiger partial charge in [0.15, 0.2) is 11.4 Å². The second-order valence-electron chi connectivity index (χ2n) is 6.11. The lowest BCUT2D eigenvalue weighted by Crippen LogP contribution is -2.38. The molecule has 3 rings (SSSR count). The number of halogens is 1. The Hall–Kier alpha value is -3.32. The molecule has 0 aliphatic heterocycles. The highest BCUT2D eigenvalue weighted by Gasteiger charge is 2.22. The zero-order chi connectivity index (χ0) is 20.3. The number of nitrogens with zero attached hydrogens (tertiary/aromatic N) is 1. The van der Waals surface area contributed by atoms with E-state index in [2.05, 4.69) is 10.3 Å². The van der Waals surface area contributed by atoms with Crippen LogP contribution in [-0.2, 0) is 11.4 Å². The first-order chi connectivity index (χ1) is 13.4. The number of fused-ring (bicyclic) bond motifs is 1. The molecule has 3 N–H and O–H groups in total. The number of carbonyl (C=O) groups is 2. The summed E-state index contributed by atoms with van der Waals surface area (Å²) < 4.78 is 5.74. The molecule has 1 heterocycles. The zero-order valence-corrected chi connectivity index (χ0v) is 15.6. The van der Waals surface area contributed by atoms with Gasteiger partial charge in [-0.15, -0.1) is 0 Å². The molecule has 3 aromatic rings. The Labute approximate surface area is 165 Å². The minimum Gasteiger partial charge on any atom is -0.505 e. The maximum absolute atomic E-state index is 12.2. The van der Waals surface area contributed by atoms with Crippen LogP contribution in [0.3, 0.4) is 0 Å². The quantitative estimate of drug-likeness (QED) is 0.547. The van der Waals surface area contributed by atoms with Crippen LogP contribution in [-0.4, -0.2) is 33.1 Å². The van der Waals surface area contributed by atoms with E-state index in [1.54, 1.807) is 18.2 Å². The molecule has 1 aromatic heterocycles. The molecule has 7 nitrogen and oxygen atoms in total. The summed E-state index contributed by atoms with van der Waals surface area (Å²) in [4.78, 5) is 27.0. The Morgan fingerprint density at radius 2 is 1.89 bits per heavy atom. The van der Waals surface area contributed by atoms with E-state index in [0.29, 0.717) is 23.1 Å². The van der Waals surface area contributed by atoms with Crippen LogP contribution in [0.2, 0.25) is 5.15 Å². The highest BCUT2D eigenvalue weighted by atomic mass is 35.5. The van der Waals surface area contributed by atoms with Crippen LogP contribution >= 0.6 is 11.6 Å². The van der Waals surface area contributed by atoms with E-state index < -0.39 is 17.9 Å². The summed E-state index contributed by atoms with van der Waals surface area (Å²) in [6.07, 6.45) is 0. The van der Waals surface area contributed by atoms with Crippen molar-refractivity contribution < 1.29 is 24.5 Å². The average Bonchev–Trinajstić information content (AvgIpc) is 2.69. The number of rotatable bonds is 6. The van der Waals surface area contributed by atoms with Gasteiger partial charge in [-0.3, -0.25) is 9.59 Å². The van der Waals surface area contributed by atoms with Gasteiger partial charge in [-0.1, -0.05) is 41.9 Å². The molecule has 8 heteroatoms. The number of carbonyl (C=O) groups excluding carboxylic acids is 1. The van der Waals surface area contributed by atoms with Gasteiger partial charge in [0.1, 0.15) is 23.6 Å². The first-order valence-corrected chi connectivity index (χ1v) is 8.77. The topological polar surface area (TPSA) is 109 Å². The Balaban J connectivity index is 1.88. The third-order valence-electron chi connectivity index (χ3n) is 4.08. The minimum atomic E-state index is -1.21. The number of benzene rings is 2. The Bertz CT molecular complexity index is 1040. The Kier molecular flexibility index (Phi) is 5.65. The van der Waals surface area contributed by atoms with Crippen molar-refractivity contribution in [2.45, 2.75) is 19.6 Å². The number of nitrogens with one attached hydrogen (secondary N) is 1. The fraction of sp³-hybridized carbons (Fsp3) is 0.150. The number of carboxylic acid groups (broad SMARTS) is 1. The van der Waals surface area contributed by atoms with Gasteiger partial charge >= 0.3 is 5.97 Å². The molecule has 0 fully saturated rings. The van der Waals surface area contributed by atoms with E-state index in [1.807, 2.05) is 30.3 Å². The lowest BCUT2D eigenvalue weighted by atomic mass is 10.1. The van der Waals surface area contributed by atoms with Crippen molar-refractivity contribution in [2.75, 3.05) is 0 Å². The maximum atomic E-state index is 12.2. The number of hydrogen-bond acceptors (Lipinski definition) is 5.